The molecule has 2 aliphatic rings. The summed E-state index contributed by atoms with van der Waals surface area (Å²) >= 11 is 5.79. The van der Waals surface area contributed by atoms with E-state index in [-0.39, 0.29) is 0 Å². The predicted molar refractivity (Wildman–Crippen MR) is 123 cm³/mol. The lowest BCUT2D eigenvalue weighted by atomic mass is 10.1. The van der Waals surface area contributed by atoms with Crippen molar-refractivity contribution in [2.24, 2.45) is 0 Å². The Balaban J connectivity index is 1.65. The highest BCUT2D eigenvalue weighted by atomic mass is 32.1. The zero-order chi connectivity index (χ0) is 20.9. The highest BCUT2D eigenvalue weighted by Crippen LogP contribution is 2.36. The molecule has 1 heterocycles. The number of rotatable bonds is 5. The van der Waals surface area contributed by atoms with Crippen LogP contribution in [0.2, 0.25) is 0 Å². The van der Waals surface area contributed by atoms with Crippen LogP contribution in [0, 0.1) is 0 Å². The van der Waals surface area contributed by atoms with E-state index in [1.165, 1.54) is 11.3 Å². The van der Waals surface area contributed by atoms with Gasteiger partial charge in [-0.05, 0) is 54.3 Å². The molecule has 5 nitrogen and oxygen atoms in total. The second-order valence-corrected chi connectivity index (χ2v) is 7.75. The Morgan fingerprint density at radius 2 is 1.73 bits per heavy atom. The van der Waals surface area contributed by atoms with Gasteiger partial charge in [0.2, 0.25) is 0 Å². The molecule has 0 spiro atoms. The number of nitrogens with zero attached hydrogens (tertiary/aromatic N) is 1. The Kier molecular flexibility index (Phi) is 6.26. The first kappa shape index (κ1) is 20.3. The van der Waals surface area contributed by atoms with Gasteiger partial charge in [-0.1, -0.05) is 42.5 Å². The zero-order valence-electron chi connectivity index (χ0n) is 16.6. The average Bonchev–Trinajstić information content (AvgIpc) is 3.19. The number of allylic oxidation sites excluding steroid dienone is 1. The lowest BCUT2D eigenvalue weighted by Crippen LogP contribution is -2.36. The van der Waals surface area contributed by atoms with Crippen molar-refractivity contribution in [3.8, 4) is 0 Å². The van der Waals surface area contributed by atoms with Gasteiger partial charge in [-0.15, -0.1) is 0 Å². The normalized spacial score (nSPS) is 18.0. The molecule has 1 aliphatic carbocycles. The molecule has 1 aliphatic heterocycles. The number of carbonyl (C=O) groups is 1. The van der Waals surface area contributed by atoms with E-state index in [1.807, 2.05) is 42.5 Å². The van der Waals surface area contributed by atoms with Crippen molar-refractivity contribution >= 4 is 34.9 Å². The summed E-state index contributed by atoms with van der Waals surface area (Å²) in [6.07, 6.45) is 3.93. The fourth-order valence-electron chi connectivity index (χ4n) is 3.88. The first-order valence-corrected chi connectivity index (χ1v) is 10.5. The number of carboxylic acids is 1. The molecular formula is C24H24N2O3S. The highest BCUT2D eigenvalue weighted by molar-refractivity contribution is 7.81. The molecule has 0 bridgehead atoms. The van der Waals surface area contributed by atoms with Gasteiger partial charge in [-0.25, -0.2) is 4.79 Å². The van der Waals surface area contributed by atoms with E-state index < -0.39 is 5.97 Å². The summed E-state index contributed by atoms with van der Waals surface area (Å²) in [5.41, 5.74) is 5.84. The van der Waals surface area contributed by atoms with Crippen molar-refractivity contribution in [1.82, 2.24) is 4.90 Å². The van der Waals surface area contributed by atoms with Crippen LogP contribution in [-0.2, 0) is 4.74 Å². The van der Waals surface area contributed by atoms with Crippen LogP contribution in [0.4, 0.5) is 5.69 Å². The smallest absolute Gasteiger partial charge is 0.335 e. The summed E-state index contributed by atoms with van der Waals surface area (Å²) < 4.78 is 5.55. The molecular weight excluding hydrogens is 396 g/mol. The number of anilines is 1. The molecule has 0 amide bonds. The molecule has 4 rings (SSSR count). The lowest BCUT2D eigenvalue weighted by Gasteiger charge is -2.32. The summed E-state index contributed by atoms with van der Waals surface area (Å²) in [6.45, 7) is 3.08. The molecule has 0 radical (unpaired) electrons. The van der Waals surface area contributed by atoms with Crippen LogP contribution in [0.25, 0.3) is 6.08 Å². The SMILES string of the molecule is O=C(O)c1ccc(/C=C2/CCC(C(=S)Nc3ccccc3)=C2N2CCOCC2)cc1. The van der Waals surface area contributed by atoms with Crippen molar-refractivity contribution in [3.05, 3.63) is 82.6 Å². The maximum Gasteiger partial charge on any atom is 0.335 e. The number of morpholine rings is 1. The van der Waals surface area contributed by atoms with E-state index in [4.69, 9.17) is 22.1 Å². The number of nitrogens with one attached hydrogen (secondary N) is 1. The van der Waals surface area contributed by atoms with Crippen LogP contribution >= 0.6 is 12.2 Å². The Morgan fingerprint density at radius 3 is 2.40 bits per heavy atom. The standard InChI is InChI=1S/C24H24N2O3S/c27-24(28)18-8-6-17(7-9-18)16-19-10-11-21(22(19)26-12-14-29-15-13-26)23(30)25-20-4-2-1-3-5-20/h1-9,16H,10-15H2,(H,25,30)(H,27,28)/b19-16-. The molecule has 0 unspecified atom stereocenters. The van der Waals surface area contributed by atoms with E-state index in [9.17, 15) is 4.79 Å². The van der Waals surface area contributed by atoms with Gasteiger partial charge in [0.15, 0.2) is 0 Å². The maximum absolute atomic E-state index is 11.1. The largest absolute Gasteiger partial charge is 0.478 e. The van der Waals surface area contributed by atoms with Crippen molar-refractivity contribution in [3.63, 3.8) is 0 Å². The molecule has 2 aromatic carbocycles. The van der Waals surface area contributed by atoms with E-state index >= 15 is 0 Å². The van der Waals surface area contributed by atoms with Gasteiger partial charge >= 0.3 is 5.97 Å². The molecule has 2 N–H and O–H groups in total. The minimum Gasteiger partial charge on any atom is -0.478 e. The molecule has 0 aromatic heterocycles. The number of hydrogen-bond donors (Lipinski definition) is 2. The summed E-state index contributed by atoms with van der Waals surface area (Å²) in [5, 5.41) is 12.5. The molecule has 0 atom stereocenters. The molecule has 6 heteroatoms. The first-order valence-electron chi connectivity index (χ1n) is 10.1. The Morgan fingerprint density at radius 1 is 1.03 bits per heavy atom. The van der Waals surface area contributed by atoms with Crippen LogP contribution in [0.5, 0.6) is 0 Å². The van der Waals surface area contributed by atoms with Gasteiger partial charge in [0.05, 0.1) is 18.8 Å². The molecule has 1 fully saturated rings. The van der Waals surface area contributed by atoms with Crippen LogP contribution < -0.4 is 5.32 Å². The number of thiocarbonyl (C=S) groups is 1. The minimum atomic E-state index is -0.913. The summed E-state index contributed by atoms with van der Waals surface area (Å²) in [6, 6.07) is 17.0. The molecule has 1 saturated heterocycles. The van der Waals surface area contributed by atoms with Crippen molar-refractivity contribution in [1.29, 1.82) is 0 Å². The topological polar surface area (TPSA) is 61.8 Å². The van der Waals surface area contributed by atoms with Crippen molar-refractivity contribution in [2.75, 3.05) is 31.6 Å². The second kappa shape index (κ2) is 9.24. The fourth-order valence-corrected chi connectivity index (χ4v) is 4.20. The third kappa shape index (κ3) is 4.61. The van der Waals surface area contributed by atoms with Crippen LogP contribution in [-0.4, -0.2) is 47.3 Å². The number of ether oxygens (including phenoxy) is 1. The highest BCUT2D eigenvalue weighted by Gasteiger charge is 2.28. The van der Waals surface area contributed by atoms with Crippen molar-refractivity contribution < 1.29 is 14.6 Å². The number of hydrogen-bond acceptors (Lipinski definition) is 4. The maximum atomic E-state index is 11.1. The van der Waals surface area contributed by atoms with Gasteiger partial charge in [0.25, 0.3) is 0 Å². The Labute approximate surface area is 181 Å². The monoisotopic (exact) mass is 420 g/mol. The first-order chi connectivity index (χ1) is 14.6. The van der Waals surface area contributed by atoms with E-state index in [1.54, 1.807) is 12.1 Å². The predicted octanol–water partition coefficient (Wildman–Crippen LogP) is 4.59. The number of carboxylic acid groups (broad SMARTS) is 1. The number of benzene rings is 2. The van der Waals surface area contributed by atoms with Gasteiger partial charge in [-0.2, -0.15) is 0 Å². The number of para-hydroxylation sites is 1. The summed E-state index contributed by atoms with van der Waals surface area (Å²) in [7, 11) is 0. The molecule has 154 valence electrons. The zero-order valence-corrected chi connectivity index (χ0v) is 17.5. The summed E-state index contributed by atoms with van der Waals surface area (Å²) in [4.78, 5) is 14.2. The van der Waals surface area contributed by atoms with Crippen molar-refractivity contribution in [2.45, 2.75) is 12.8 Å². The molecule has 2 aromatic rings. The summed E-state index contributed by atoms with van der Waals surface area (Å²) in [5.74, 6) is -0.913. The van der Waals surface area contributed by atoms with Crippen LogP contribution in [0.1, 0.15) is 28.8 Å². The van der Waals surface area contributed by atoms with E-state index in [0.717, 1.165) is 47.7 Å². The van der Waals surface area contributed by atoms with Gasteiger partial charge in [0.1, 0.15) is 4.99 Å². The van der Waals surface area contributed by atoms with Gasteiger partial charge in [0, 0.05) is 30.0 Å². The van der Waals surface area contributed by atoms with Crippen LogP contribution in [0.15, 0.2) is 71.4 Å². The number of aromatic carboxylic acids is 1. The van der Waals surface area contributed by atoms with Crippen LogP contribution in [0.3, 0.4) is 0 Å². The van der Waals surface area contributed by atoms with E-state index in [0.29, 0.717) is 18.8 Å². The minimum absolute atomic E-state index is 0.293. The lowest BCUT2D eigenvalue weighted by molar-refractivity contribution is 0.0548. The average molecular weight is 421 g/mol. The third-order valence-electron chi connectivity index (χ3n) is 5.37. The van der Waals surface area contributed by atoms with Gasteiger partial charge < -0.3 is 20.1 Å². The fraction of sp³-hybridized carbons (Fsp3) is 0.250. The Bertz CT molecular complexity index is 991. The third-order valence-corrected chi connectivity index (χ3v) is 5.71. The second-order valence-electron chi connectivity index (χ2n) is 7.34. The molecule has 0 saturated carbocycles. The van der Waals surface area contributed by atoms with E-state index in [2.05, 4.69) is 16.3 Å². The Hall–Kier alpha value is -2.96. The van der Waals surface area contributed by atoms with Gasteiger partial charge in [-0.3, -0.25) is 0 Å². The quantitative estimate of drug-likeness (QED) is 0.690. The molecule has 30 heavy (non-hydrogen) atoms.